The molecule has 0 radical (unpaired) electrons. The number of nitrogens with two attached hydrogens (primary N) is 1. The summed E-state index contributed by atoms with van der Waals surface area (Å²) in [6.07, 6.45) is 0.957. The van der Waals surface area contributed by atoms with Crippen LogP contribution in [0.15, 0.2) is 42.5 Å². The van der Waals surface area contributed by atoms with Gasteiger partial charge in [-0.25, -0.2) is 0 Å². The lowest BCUT2D eigenvalue weighted by molar-refractivity contribution is 0.242. The Morgan fingerprint density at radius 1 is 1.20 bits per heavy atom. The van der Waals surface area contributed by atoms with Gasteiger partial charge in [0.05, 0.1) is 5.52 Å². The first-order valence-electron chi connectivity index (χ1n) is 6.79. The van der Waals surface area contributed by atoms with Crippen molar-refractivity contribution in [3.05, 3.63) is 48.0 Å². The molecule has 0 unspecified atom stereocenters. The van der Waals surface area contributed by atoms with E-state index in [0.717, 1.165) is 34.3 Å². The standard InChI is InChI=1S/C16H15N3O/c17-9-11-8-10-4-3-6-13(16(10)20-11)15-12-5-1-2-7-14(12)18-19-15/h1-7,11H,8-9,17H2,(H,18,19)/t11-/m1/s1. The van der Waals surface area contributed by atoms with Gasteiger partial charge in [-0.05, 0) is 17.7 Å². The second-order valence-corrected chi connectivity index (χ2v) is 5.09. The molecule has 1 atom stereocenters. The van der Waals surface area contributed by atoms with Crippen molar-refractivity contribution in [2.45, 2.75) is 12.5 Å². The second-order valence-electron chi connectivity index (χ2n) is 5.09. The Labute approximate surface area is 116 Å². The van der Waals surface area contributed by atoms with E-state index in [-0.39, 0.29) is 6.10 Å². The number of nitrogens with zero attached hydrogens (tertiary/aromatic N) is 1. The molecule has 20 heavy (non-hydrogen) atoms. The van der Waals surface area contributed by atoms with Crippen LogP contribution in [0.4, 0.5) is 0 Å². The average molecular weight is 265 g/mol. The highest BCUT2D eigenvalue weighted by Gasteiger charge is 2.25. The van der Waals surface area contributed by atoms with Crippen LogP contribution < -0.4 is 10.5 Å². The molecule has 0 saturated heterocycles. The molecule has 4 nitrogen and oxygen atoms in total. The number of ether oxygens (including phenoxy) is 1. The largest absolute Gasteiger partial charge is 0.488 e. The van der Waals surface area contributed by atoms with Gasteiger partial charge in [0.25, 0.3) is 0 Å². The van der Waals surface area contributed by atoms with Crippen LogP contribution in [0.25, 0.3) is 22.2 Å². The molecule has 100 valence electrons. The van der Waals surface area contributed by atoms with Crippen LogP contribution in [-0.4, -0.2) is 22.8 Å². The van der Waals surface area contributed by atoms with E-state index >= 15 is 0 Å². The molecule has 3 N–H and O–H groups in total. The molecule has 1 aromatic heterocycles. The Morgan fingerprint density at radius 3 is 3.00 bits per heavy atom. The third kappa shape index (κ3) is 1.62. The van der Waals surface area contributed by atoms with Gasteiger partial charge in [-0.3, -0.25) is 5.10 Å². The molecule has 4 heteroatoms. The van der Waals surface area contributed by atoms with E-state index in [1.54, 1.807) is 0 Å². The second kappa shape index (κ2) is 4.35. The van der Waals surface area contributed by atoms with E-state index in [9.17, 15) is 0 Å². The van der Waals surface area contributed by atoms with Gasteiger partial charge in [0.15, 0.2) is 0 Å². The Balaban J connectivity index is 1.90. The summed E-state index contributed by atoms with van der Waals surface area (Å²) in [7, 11) is 0. The minimum atomic E-state index is 0.0800. The molecular weight excluding hydrogens is 250 g/mol. The lowest BCUT2D eigenvalue weighted by Crippen LogP contribution is -2.24. The van der Waals surface area contributed by atoms with E-state index in [4.69, 9.17) is 10.5 Å². The van der Waals surface area contributed by atoms with Crippen LogP contribution in [0.1, 0.15) is 5.56 Å². The molecular formula is C16H15N3O. The van der Waals surface area contributed by atoms with Crippen LogP contribution in [0.3, 0.4) is 0 Å². The lowest BCUT2D eigenvalue weighted by atomic mass is 10.0. The number of aromatic nitrogens is 2. The SMILES string of the molecule is NC[C@H]1Cc2cccc(-c3n[nH]c4ccccc34)c2O1. The van der Waals surface area contributed by atoms with Crippen LogP contribution in [0.5, 0.6) is 5.75 Å². The summed E-state index contributed by atoms with van der Waals surface area (Å²) in [6, 6.07) is 14.3. The molecule has 2 heterocycles. The van der Waals surface area contributed by atoms with Crippen molar-refractivity contribution in [2.24, 2.45) is 5.73 Å². The van der Waals surface area contributed by atoms with Gasteiger partial charge in [-0.2, -0.15) is 5.10 Å². The van der Waals surface area contributed by atoms with Crippen molar-refractivity contribution in [3.63, 3.8) is 0 Å². The number of para-hydroxylation sites is 2. The monoisotopic (exact) mass is 265 g/mol. The van der Waals surface area contributed by atoms with Crippen molar-refractivity contribution in [1.82, 2.24) is 10.2 Å². The first-order chi connectivity index (χ1) is 9.86. The van der Waals surface area contributed by atoms with E-state index in [0.29, 0.717) is 6.54 Å². The van der Waals surface area contributed by atoms with Crippen LogP contribution >= 0.6 is 0 Å². The number of benzene rings is 2. The number of rotatable bonds is 2. The zero-order chi connectivity index (χ0) is 13.5. The average Bonchev–Trinajstić information content (AvgIpc) is 3.10. The third-order valence-corrected chi connectivity index (χ3v) is 3.82. The molecule has 4 rings (SSSR count). The van der Waals surface area contributed by atoms with Gasteiger partial charge in [-0.1, -0.05) is 30.3 Å². The number of nitrogens with one attached hydrogen (secondary N) is 1. The van der Waals surface area contributed by atoms with Crippen LogP contribution in [-0.2, 0) is 6.42 Å². The van der Waals surface area contributed by atoms with Crippen molar-refractivity contribution < 1.29 is 4.74 Å². The molecule has 0 aliphatic carbocycles. The molecule has 0 saturated carbocycles. The maximum atomic E-state index is 5.98. The molecule has 1 aliphatic rings. The maximum Gasteiger partial charge on any atom is 0.132 e. The predicted molar refractivity (Wildman–Crippen MR) is 78.7 cm³/mol. The minimum absolute atomic E-state index is 0.0800. The van der Waals surface area contributed by atoms with Crippen molar-refractivity contribution in [1.29, 1.82) is 0 Å². The smallest absolute Gasteiger partial charge is 0.132 e. The van der Waals surface area contributed by atoms with Gasteiger partial charge < -0.3 is 10.5 Å². The molecule has 1 aliphatic heterocycles. The summed E-state index contributed by atoms with van der Waals surface area (Å²) in [5.74, 6) is 0.931. The molecule has 0 bridgehead atoms. The number of hydrogen-bond acceptors (Lipinski definition) is 3. The molecule has 3 aromatic rings. The van der Waals surface area contributed by atoms with E-state index in [1.807, 2.05) is 18.2 Å². The molecule has 0 fully saturated rings. The van der Waals surface area contributed by atoms with Crippen molar-refractivity contribution in [2.75, 3.05) is 6.54 Å². The normalized spacial score (nSPS) is 17.1. The number of hydrogen-bond donors (Lipinski definition) is 2. The number of fused-ring (bicyclic) bond motifs is 2. The maximum absolute atomic E-state index is 5.98. The highest BCUT2D eigenvalue weighted by molar-refractivity contribution is 5.94. The summed E-state index contributed by atoms with van der Waals surface area (Å²) in [5, 5.41) is 8.64. The predicted octanol–water partition coefficient (Wildman–Crippen LogP) is 2.49. The molecule has 0 spiro atoms. The van der Waals surface area contributed by atoms with Crippen molar-refractivity contribution in [3.8, 4) is 17.0 Å². The lowest BCUT2D eigenvalue weighted by Gasteiger charge is -2.09. The topological polar surface area (TPSA) is 63.9 Å². The Bertz CT molecular complexity index is 778. The summed E-state index contributed by atoms with van der Waals surface area (Å²) in [6.45, 7) is 0.537. The van der Waals surface area contributed by atoms with Gasteiger partial charge >= 0.3 is 0 Å². The Hall–Kier alpha value is -2.33. The molecule has 0 amide bonds. The van der Waals surface area contributed by atoms with Gasteiger partial charge in [0.2, 0.25) is 0 Å². The van der Waals surface area contributed by atoms with Crippen molar-refractivity contribution >= 4 is 10.9 Å². The zero-order valence-corrected chi connectivity index (χ0v) is 11.0. The fraction of sp³-hybridized carbons (Fsp3) is 0.188. The number of H-pyrrole nitrogens is 1. The fourth-order valence-corrected chi connectivity index (χ4v) is 2.83. The third-order valence-electron chi connectivity index (χ3n) is 3.82. The van der Waals surface area contributed by atoms with E-state index < -0.39 is 0 Å². The summed E-state index contributed by atoms with van der Waals surface area (Å²) >= 11 is 0. The summed E-state index contributed by atoms with van der Waals surface area (Å²) in [4.78, 5) is 0. The van der Waals surface area contributed by atoms with E-state index in [1.165, 1.54) is 5.56 Å². The Morgan fingerprint density at radius 2 is 2.10 bits per heavy atom. The summed E-state index contributed by atoms with van der Waals surface area (Å²) in [5.41, 5.74) is 9.95. The first-order valence-corrected chi connectivity index (χ1v) is 6.79. The summed E-state index contributed by atoms with van der Waals surface area (Å²) < 4.78 is 5.98. The highest BCUT2D eigenvalue weighted by atomic mass is 16.5. The van der Waals surface area contributed by atoms with Gasteiger partial charge in [0.1, 0.15) is 17.5 Å². The van der Waals surface area contributed by atoms with Crippen LogP contribution in [0.2, 0.25) is 0 Å². The Kier molecular flexibility index (Phi) is 2.50. The van der Waals surface area contributed by atoms with Crippen LogP contribution in [0, 0.1) is 0 Å². The zero-order valence-electron chi connectivity index (χ0n) is 11.0. The quantitative estimate of drug-likeness (QED) is 0.748. The first kappa shape index (κ1) is 11.5. The van der Waals surface area contributed by atoms with E-state index in [2.05, 4.69) is 34.5 Å². The van der Waals surface area contributed by atoms with Gasteiger partial charge in [0, 0.05) is 23.9 Å². The minimum Gasteiger partial charge on any atom is -0.488 e. The number of aromatic amines is 1. The van der Waals surface area contributed by atoms with Gasteiger partial charge in [-0.15, -0.1) is 0 Å². The fourth-order valence-electron chi connectivity index (χ4n) is 2.83. The highest BCUT2D eigenvalue weighted by Crippen LogP contribution is 2.39. The molecule has 2 aromatic carbocycles.